The van der Waals surface area contributed by atoms with Crippen LogP contribution in [0.2, 0.25) is 0 Å². The fraction of sp³-hybridized carbons (Fsp3) is 0.500. The molecule has 0 spiro atoms. The lowest BCUT2D eigenvalue weighted by atomic mass is 10.1. The molecule has 29 heavy (non-hydrogen) atoms. The summed E-state index contributed by atoms with van der Waals surface area (Å²) in [7, 11) is 0. The van der Waals surface area contributed by atoms with Crippen LogP contribution in [0.1, 0.15) is 44.0 Å². The quantitative estimate of drug-likeness (QED) is 0.777. The smallest absolute Gasteiger partial charge is 0.231 e. The first-order valence-electron chi connectivity index (χ1n) is 9.93. The number of hydrogen-bond donors (Lipinski definition) is 1. The standard InChI is InChI=1S/C20H24N4O4S/c1-3-12(4-2)19-22-23-20(29-19)21-18(26)13-9-17(25)24(11-13)14-5-6-15-16(10-14)28-8-7-27-15/h5-6,10,12-13H,3-4,7-9,11H2,1-2H3,(H,21,23,26)/t13-/m0/s1. The highest BCUT2D eigenvalue weighted by molar-refractivity contribution is 7.15. The molecule has 0 bridgehead atoms. The molecule has 1 aromatic carbocycles. The topological polar surface area (TPSA) is 93.7 Å². The fourth-order valence-electron chi connectivity index (χ4n) is 3.63. The molecular weight excluding hydrogens is 392 g/mol. The molecule has 154 valence electrons. The van der Waals surface area contributed by atoms with Crippen molar-refractivity contribution in [2.45, 2.75) is 39.0 Å². The molecule has 9 heteroatoms. The molecule has 2 aliphatic rings. The number of ether oxygens (including phenoxy) is 2. The van der Waals surface area contributed by atoms with Crippen molar-refractivity contribution < 1.29 is 19.1 Å². The molecule has 3 heterocycles. The maximum absolute atomic E-state index is 12.7. The summed E-state index contributed by atoms with van der Waals surface area (Å²) in [5, 5.41) is 12.6. The van der Waals surface area contributed by atoms with Crippen molar-refractivity contribution in [3.8, 4) is 11.5 Å². The summed E-state index contributed by atoms with van der Waals surface area (Å²) in [5.41, 5.74) is 0.710. The molecule has 1 aromatic heterocycles. The number of anilines is 2. The Kier molecular flexibility index (Phi) is 5.66. The van der Waals surface area contributed by atoms with E-state index in [2.05, 4.69) is 29.4 Å². The molecule has 1 saturated heterocycles. The van der Waals surface area contributed by atoms with Gasteiger partial charge in [0.1, 0.15) is 18.2 Å². The Hall–Kier alpha value is -2.68. The summed E-state index contributed by atoms with van der Waals surface area (Å²) < 4.78 is 11.1. The average Bonchev–Trinajstić information content (AvgIpc) is 3.35. The van der Waals surface area contributed by atoms with Crippen LogP contribution in [0.4, 0.5) is 10.8 Å². The number of nitrogens with zero attached hydrogens (tertiary/aromatic N) is 3. The monoisotopic (exact) mass is 416 g/mol. The summed E-state index contributed by atoms with van der Waals surface area (Å²) in [6.07, 6.45) is 2.14. The summed E-state index contributed by atoms with van der Waals surface area (Å²) in [6, 6.07) is 5.41. The first-order valence-corrected chi connectivity index (χ1v) is 10.7. The molecule has 1 fully saturated rings. The van der Waals surface area contributed by atoms with Gasteiger partial charge in [-0.1, -0.05) is 25.2 Å². The van der Waals surface area contributed by atoms with Crippen LogP contribution in [-0.2, 0) is 9.59 Å². The molecule has 0 saturated carbocycles. The lowest BCUT2D eigenvalue weighted by Gasteiger charge is -2.22. The Bertz CT molecular complexity index is 912. The van der Waals surface area contributed by atoms with Crippen molar-refractivity contribution in [1.29, 1.82) is 0 Å². The van der Waals surface area contributed by atoms with E-state index in [4.69, 9.17) is 9.47 Å². The number of aromatic nitrogens is 2. The zero-order valence-electron chi connectivity index (χ0n) is 16.5. The third-order valence-corrected chi connectivity index (χ3v) is 6.34. The summed E-state index contributed by atoms with van der Waals surface area (Å²) in [5.74, 6) is 0.929. The number of carbonyl (C=O) groups is 2. The van der Waals surface area contributed by atoms with Crippen molar-refractivity contribution in [3.05, 3.63) is 23.2 Å². The lowest BCUT2D eigenvalue weighted by Crippen LogP contribution is -2.28. The predicted molar refractivity (Wildman–Crippen MR) is 110 cm³/mol. The van der Waals surface area contributed by atoms with Gasteiger partial charge in [-0.3, -0.25) is 9.59 Å². The minimum absolute atomic E-state index is 0.0863. The number of rotatable bonds is 6. The van der Waals surface area contributed by atoms with Gasteiger partial charge in [-0.15, -0.1) is 10.2 Å². The summed E-state index contributed by atoms with van der Waals surface area (Å²) in [6.45, 7) is 5.55. The van der Waals surface area contributed by atoms with E-state index in [1.165, 1.54) is 11.3 Å². The van der Waals surface area contributed by atoms with Crippen LogP contribution in [0.3, 0.4) is 0 Å². The van der Waals surface area contributed by atoms with E-state index >= 15 is 0 Å². The van der Waals surface area contributed by atoms with Crippen LogP contribution >= 0.6 is 11.3 Å². The van der Waals surface area contributed by atoms with Crippen LogP contribution < -0.4 is 19.7 Å². The summed E-state index contributed by atoms with van der Waals surface area (Å²) >= 11 is 1.41. The second kappa shape index (κ2) is 8.36. The van der Waals surface area contributed by atoms with Crippen LogP contribution in [0.25, 0.3) is 0 Å². The number of nitrogens with one attached hydrogen (secondary N) is 1. The van der Waals surface area contributed by atoms with E-state index in [9.17, 15) is 9.59 Å². The molecule has 8 nitrogen and oxygen atoms in total. The highest BCUT2D eigenvalue weighted by atomic mass is 32.1. The highest BCUT2D eigenvalue weighted by Gasteiger charge is 2.36. The highest BCUT2D eigenvalue weighted by Crippen LogP contribution is 2.36. The van der Waals surface area contributed by atoms with Gasteiger partial charge in [-0.25, -0.2) is 0 Å². The van der Waals surface area contributed by atoms with E-state index in [0.29, 0.717) is 48.0 Å². The lowest BCUT2D eigenvalue weighted by molar-refractivity contribution is -0.122. The van der Waals surface area contributed by atoms with Crippen molar-refractivity contribution in [2.75, 3.05) is 30.0 Å². The van der Waals surface area contributed by atoms with Crippen LogP contribution in [0.15, 0.2) is 18.2 Å². The van der Waals surface area contributed by atoms with Crippen molar-refractivity contribution in [2.24, 2.45) is 5.92 Å². The Morgan fingerprint density at radius 1 is 1.24 bits per heavy atom. The number of fused-ring (bicyclic) bond motifs is 1. The normalized spacial score (nSPS) is 18.4. The maximum Gasteiger partial charge on any atom is 0.231 e. The summed E-state index contributed by atoms with van der Waals surface area (Å²) in [4.78, 5) is 26.8. The molecule has 2 amide bonds. The second-order valence-electron chi connectivity index (χ2n) is 7.18. The molecule has 4 rings (SSSR count). The van der Waals surface area contributed by atoms with Gasteiger partial charge in [0.25, 0.3) is 0 Å². The number of amides is 2. The Morgan fingerprint density at radius 2 is 2.00 bits per heavy atom. The zero-order valence-corrected chi connectivity index (χ0v) is 17.3. The van der Waals surface area contributed by atoms with Gasteiger partial charge in [0.2, 0.25) is 16.9 Å². The minimum Gasteiger partial charge on any atom is -0.486 e. The average molecular weight is 417 g/mol. The van der Waals surface area contributed by atoms with Gasteiger partial charge < -0.3 is 19.7 Å². The largest absolute Gasteiger partial charge is 0.486 e. The predicted octanol–water partition coefficient (Wildman–Crippen LogP) is 3.20. The van der Waals surface area contributed by atoms with Gasteiger partial charge in [-0.05, 0) is 25.0 Å². The van der Waals surface area contributed by atoms with Crippen molar-refractivity contribution >= 4 is 34.0 Å². The van der Waals surface area contributed by atoms with Crippen molar-refractivity contribution in [3.63, 3.8) is 0 Å². The van der Waals surface area contributed by atoms with Gasteiger partial charge in [0, 0.05) is 30.6 Å². The first kappa shape index (κ1) is 19.6. The molecule has 1 N–H and O–H groups in total. The first-order chi connectivity index (χ1) is 14.1. The molecular formula is C20H24N4O4S. The van der Waals surface area contributed by atoms with E-state index < -0.39 is 5.92 Å². The molecule has 2 aromatic rings. The number of hydrogen-bond acceptors (Lipinski definition) is 7. The van der Waals surface area contributed by atoms with Crippen LogP contribution in [-0.4, -0.2) is 41.8 Å². The van der Waals surface area contributed by atoms with Gasteiger partial charge in [0.15, 0.2) is 11.5 Å². The van der Waals surface area contributed by atoms with Crippen molar-refractivity contribution in [1.82, 2.24) is 10.2 Å². The molecule has 2 aliphatic heterocycles. The number of carbonyl (C=O) groups excluding carboxylic acids is 2. The molecule has 0 radical (unpaired) electrons. The maximum atomic E-state index is 12.7. The Labute approximate surface area is 173 Å². The number of benzene rings is 1. The zero-order chi connectivity index (χ0) is 20.4. The van der Waals surface area contributed by atoms with E-state index in [1.807, 2.05) is 6.07 Å². The fourth-order valence-corrected chi connectivity index (χ4v) is 4.64. The van der Waals surface area contributed by atoms with Crippen LogP contribution in [0.5, 0.6) is 11.5 Å². The third-order valence-electron chi connectivity index (χ3n) is 5.34. The van der Waals surface area contributed by atoms with Gasteiger partial charge >= 0.3 is 0 Å². The van der Waals surface area contributed by atoms with E-state index in [0.717, 1.165) is 17.8 Å². The Morgan fingerprint density at radius 3 is 2.76 bits per heavy atom. The minimum atomic E-state index is -0.434. The van der Waals surface area contributed by atoms with E-state index in [1.54, 1.807) is 17.0 Å². The second-order valence-corrected chi connectivity index (χ2v) is 8.19. The third kappa shape index (κ3) is 4.05. The molecule has 0 unspecified atom stereocenters. The SMILES string of the molecule is CCC(CC)c1nnc(NC(=O)[C@H]2CC(=O)N(c3ccc4c(c3)OCCO4)C2)s1. The van der Waals surface area contributed by atoms with E-state index in [-0.39, 0.29) is 18.2 Å². The van der Waals surface area contributed by atoms with Gasteiger partial charge in [0.05, 0.1) is 5.92 Å². The molecule has 0 aliphatic carbocycles. The van der Waals surface area contributed by atoms with Gasteiger partial charge in [-0.2, -0.15) is 0 Å². The molecule has 1 atom stereocenters. The van der Waals surface area contributed by atoms with Crippen LogP contribution in [0, 0.1) is 5.92 Å². The Balaban J connectivity index is 1.42.